The van der Waals surface area contributed by atoms with Crippen LogP contribution in [0, 0.1) is 6.92 Å². The first-order chi connectivity index (χ1) is 15.5. The summed E-state index contributed by atoms with van der Waals surface area (Å²) < 4.78 is 6.05. The zero-order valence-electron chi connectivity index (χ0n) is 17.9. The quantitative estimate of drug-likeness (QED) is 0.562. The number of aromatic nitrogens is 2. The molecule has 9 heteroatoms. The van der Waals surface area contributed by atoms with E-state index in [1.165, 1.54) is 24.2 Å². The Morgan fingerprint density at radius 2 is 2.28 bits per heavy atom. The summed E-state index contributed by atoms with van der Waals surface area (Å²) >= 11 is 1.33. The van der Waals surface area contributed by atoms with Gasteiger partial charge in [0, 0.05) is 60.5 Å². The number of nitrogens with two attached hydrogens (primary N) is 1. The SMILES string of the molecule is Cc1ccc2c(N)c(C(=O)N[C@H]3COc4cc(N5C[C@@H]6CCC5CN6)ncc4C3)sc2n1. The molecule has 0 saturated carbocycles. The van der Waals surface area contributed by atoms with Crippen LogP contribution in [0.15, 0.2) is 24.4 Å². The van der Waals surface area contributed by atoms with Crippen molar-refractivity contribution >= 4 is 39.0 Å². The second kappa shape index (κ2) is 7.60. The number of hydrogen-bond acceptors (Lipinski definition) is 8. The molecule has 3 fully saturated rings. The first-order valence-corrected chi connectivity index (χ1v) is 11.9. The number of rotatable bonds is 3. The Kier molecular flexibility index (Phi) is 4.69. The minimum atomic E-state index is -0.179. The summed E-state index contributed by atoms with van der Waals surface area (Å²) in [6.07, 6.45) is 5.04. The number of hydrogen-bond donors (Lipinski definition) is 3. The second-order valence-electron chi connectivity index (χ2n) is 8.97. The van der Waals surface area contributed by atoms with Crippen LogP contribution in [0.2, 0.25) is 0 Å². The third-order valence-corrected chi connectivity index (χ3v) is 7.87. The Bertz CT molecular complexity index is 1200. The average Bonchev–Trinajstić information content (AvgIpc) is 3.15. The number of anilines is 2. The normalized spacial score (nSPS) is 24.3. The number of carbonyl (C=O) groups is 1. The summed E-state index contributed by atoms with van der Waals surface area (Å²) in [5.41, 5.74) is 8.66. The number of nitrogen functional groups attached to an aromatic ring is 1. The van der Waals surface area contributed by atoms with Gasteiger partial charge in [-0.25, -0.2) is 9.97 Å². The molecule has 0 aliphatic carbocycles. The van der Waals surface area contributed by atoms with Gasteiger partial charge in [0.2, 0.25) is 0 Å². The molecule has 3 aromatic heterocycles. The van der Waals surface area contributed by atoms with Crippen LogP contribution in [0.3, 0.4) is 0 Å². The smallest absolute Gasteiger partial charge is 0.263 e. The van der Waals surface area contributed by atoms with Crippen molar-refractivity contribution in [3.8, 4) is 5.75 Å². The highest BCUT2D eigenvalue weighted by Gasteiger charge is 2.35. The zero-order chi connectivity index (χ0) is 21.8. The fourth-order valence-electron chi connectivity index (χ4n) is 5.01. The van der Waals surface area contributed by atoms with Gasteiger partial charge in [0.05, 0.1) is 11.7 Å². The molecule has 3 saturated heterocycles. The van der Waals surface area contributed by atoms with Crippen LogP contribution >= 0.6 is 11.3 Å². The van der Waals surface area contributed by atoms with E-state index in [2.05, 4.69) is 26.6 Å². The van der Waals surface area contributed by atoms with E-state index >= 15 is 0 Å². The van der Waals surface area contributed by atoms with Gasteiger partial charge in [0.15, 0.2) is 0 Å². The van der Waals surface area contributed by atoms with E-state index < -0.39 is 0 Å². The molecular formula is C23H26N6O2S. The number of ether oxygens (including phenoxy) is 1. The van der Waals surface area contributed by atoms with Crippen molar-refractivity contribution in [3.05, 3.63) is 40.5 Å². The maximum absolute atomic E-state index is 12.9. The Hall–Kier alpha value is -2.91. The van der Waals surface area contributed by atoms with Gasteiger partial charge in [0.1, 0.15) is 27.9 Å². The molecular weight excluding hydrogens is 424 g/mol. The van der Waals surface area contributed by atoms with Crippen LogP contribution < -0.4 is 26.0 Å². The number of piperazine rings is 1. The topological polar surface area (TPSA) is 105 Å². The number of nitrogens with one attached hydrogen (secondary N) is 2. The van der Waals surface area contributed by atoms with Gasteiger partial charge in [-0.2, -0.15) is 0 Å². The Balaban J connectivity index is 1.17. The molecule has 1 amide bonds. The molecule has 0 aromatic carbocycles. The van der Waals surface area contributed by atoms with E-state index in [-0.39, 0.29) is 11.9 Å². The minimum Gasteiger partial charge on any atom is -0.491 e. The third kappa shape index (κ3) is 3.36. The van der Waals surface area contributed by atoms with Crippen LogP contribution in [0.4, 0.5) is 11.5 Å². The molecule has 0 radical (unpaired) electrons. The number of aryl methyl sites for hydroxylation is 1. The molecule has 1 unspecified atom stereocenters. The predicted octanol–water partition coefficient (Wildman–Crippen LogP) is 2.26. The number of thiophene rings is 1. The van der Waals surface area contributed by atoms with Gasteiger partial charge >= 0.3 is 0 Å². The lowest BCUT2D eigenvalue weighted by atomic mass is 9.93. The Labute approximate surface area is 190 Å². The number of nitrogens with zero attached hydrogens (tertiary/aromatic N) is 3. The van der Waals surface area contributed by atoms with Crippen LogP contribution in [0.1, 0.15) is 33.8 Å². The summed E-state index contributed by atoms with van der Waals surface area (Å²) in [7, 11) is 0. The second-order valence-corrected chi connectivity index (χ2v) is 9.97. The van der Waals surface area contributed by atoms with Crippen molar-refractivity contribution in [2.24, 2.45) is 0 Å². The van der Waals surface area contributed by atoms with Gasteiger partial charge in [0.25, 0.3) is 5.91 Å². The molecule has 8 nitrogen and oxygen atoms in total. The minimum absolute atomic E-state index is 0.128. The first kappa shape index (κ1) is 19.8. The Morgan fingerprint density at radius 1 is 1.38 bits per heavy atom. The van der Waals surface area contributed by atoms with Crippen LogP contribution in [0.5, 0.6) is 5.75 Å². The number of amides is 1. The number of piperidine rings is 2. The van der Waals surface area contributed by atoms with Gasteiger partial charge in [-0.05, 0) is 31.9 Å². The summed E-state index contributed by atoms with van der Waals surface area (Å²) in [6, 6.07) is 6.83. The number of pyridine rings is 2. The van der Waals surface area contributed by atoms with Crippen molar-refractivity contribution < 1.29 is 9.53 Å². The van der Waals surface area contributed by atoms with E-state index in [1.807, 2.05) is 25.3 Å². The van der Waals surface area contributed by atoms with Crippen molar-refractivity contribution in [1.82, 2.24) is 20.6 Å². The third-order valence-electron chi connectivity index (χ3n) is 6.75. The monoisotopic (exact) mass is 450 g/mol. The van der Waals surface area contributed by atoms with Gasteiger partial charge in [-0.1, -0.05) is 0 Å². The number of carbonyl (C=O) groups excluding carboxylic acids is 1. The van der Waals surface area contributed by atoms with Gasteiger partial charge in [-0.15, -0.1) is 11.3 Å². The molecule has 7 heterocycles. The summed E-state index contributed by atoms with van der Waals surface area (Å²) in [6.45, 7) is 4.38. The zero-order valence-corrected chi connectivity index (χ0v) is 18.7. The lowest BCUT2D eigenvalue weighted by Crippen LogP contribution is -2.61. The van der Waals surface area contributed by atoms with Crippen molar-refractivity contribution in [3.63, 3.8) is 0 Å². The maximum atomic E-state index is 12.9. The summed E-state index contributed by atoms with van der Waals surface area (Å²) in [4.78, 5) is 25.9. The molecule has 4 aliphatic rings. The lowest BCUT2D eigenvalue weighted by Gasteiger charge is -2.46. The summed E-state index contributed by atoms with van der Waals surface area (Å²) in [5, 5.41) is 7.49. The molecule has 4 N–H and O–H groups in total. The van der Waals surface area contributed by atoms with Gasteiger partial charge < -0.3 is 26.0 Å². The molecule has 3 atom stereocenters. The largest absolute Gasteiger partial charge is 0.491 e. The van der Waals surface area contributed by atoms with Gasteiger partial charge in [-0.3, -0.25) is 4.79 Å². The van der Waals surface area contributed by atoms with Crippen LogP contribution in [-0.4, -0.2) is 53.7 Å². The highest BCUT2D eigenvalue weighted by Crippen LogP contribution is 2.34. The van der Waals surface area contributed by atoms with Crippen LogP contribution in [-0.2, 0) is 6.42 Å². The van der Waals surface area contributed by atoms with Crippen LogP contribution in [0.25, 0.3) is 10.2 Å². The predicted molar refractivity (Wildman–Crippen MR) is 126 cm³/mol. The molecule has 7 rings (SSSR count). The van der Waals surface area contributed by atoms with E-state index in [1.54, 1.807) is 0 Å². The Morgan fingerprint density at radius 3 is 3.06 bits per heavy atom. The standard InChI is InChI=1S/C23H26N6O2S/c1-12-2-5-17-20(24)21(32-23(17)27-12)22(30)28-15-6-13-8-26-19(7-18(13)31-11-15)29-10-14-3-4-16(29)9-25-14/h2,5,7-8,14-16,25H,3-4,6,9-11,24H2,1H3,(H,28,30)/t14-,15+,16?/m0/s1. The lowest BCUT2D eigenvalue weighted by molar-refractivity contribution is 0.0920. The molecule has 0 spiro atoms. The van der Waals surface area contributed by atoms with E-state index in [0.717, 1.165) is 46.1 Å². The highest BCUT2D eigenvalue weighted by atomic mass is 32.1. The van der Waals surface area contributed by atoms with E-state index in [0.29, 0.717) is 35.7 Å². The molecule has 2 bridgehead atoms. The molecule has 3 aromatic rings. The highest BCUT2D eigenvalue weighted by molar-refractivity contribution is 7.21. The average molecular weight is 451 g/mol. The molecule has 32 heavy (non-hydrogen) atoms. The van der Waals surface area contributed by atoms with Crippen molar-refractivity contribution in [1.29, 1.82) is 0 Å². The fraction of sp³-hybridized carbons (Fsp3) is 0.435. The van der Waals surface area contributed by atoms with E-state index in [9.17, 15) is 4.79 Å². The number of fused-ring (bicyclic) bond motifs is 5. The first-order valence-electron chi connectivity index (χ1n) is 11.1. The van der Waals surface area contributed by atoms with Crippen molar-refractivity contribution in [2.75, 3.05) is 30.3 Å². The van der Waals surface area contributed by atoms with E-state index in [4.69, 9.17) is 15.5 Å². The van der Waals surface area contributed by atoms with Crippen molar-refractivity contribution in [2.45, 2.75) is 44.3 Å². The molecule has 166 valence electrons. The maximum Gasteiger partial charge on any atom is 0.263 e. The molecule has 4 aliphatic heterocycles. The fourth-order valence-corrected chi connectivity index (χ4v) is 6.05. The summed E-state index contributed by atoms with van der Waals surface area (Å²) in [5.74, 6) is 1.68.